The molecule has 3 rings (SSSR count). The van der Waals surface area contributed by atoms with Crippen molar-refractivity contribution in [1.29, 1.82) is 0 Å². The van der Waals surface area contributed by atoms with Crippen LogP contribution in [0.15, 0.2) is 12.1 Å². The number of carbonyl (C=O) groups excluding carboxylic acids is 1. The van der Waals surface area contributed by atoms with Gasteiger partial charge in [0.2, 0.25) is 0 Å². The Bertz CT molecular complexity index is 521. The number of ketones is 1. The molecule has 1 N–H and O–H groups in total. The van der Waals surface area contributed by atoms with Gasteiger partial charge in [0.25, 0.3) is 0 Å². The Morgan fingerprint density at radius 3 is 3.11 bits per heavy atom. The van der Waals surface area contributed by atoms with Crippen molar-refractivity contribution in [1.82, 2.24) is 5.32 Å². The standard InChI is InChI=1S/C15H18ClNO2/c1-15(4-2-5-17-15)13(18)9-11-8-12(16)7-10-3-6-19-14(10)11/h7-8,17H,2-6,9H2,1H3. The maximum absolute atomic E-state index is 12.5. The van der Waals surface area contributed by atoms with Crippen LogP contribution in [0.1, 0.15) is 30.9 Å². The summed E-state index contributed by atoms with van der Waals surface area (Å²) < 4.78 is 5.65. The van der Waals surface area contributed by atoms with Gasteiger partial charge in [0.05, 0.1) is 12.1 Å². The molecule has 1 aromatic carbocycles. The van der Waals surface area contributed by atoms with Crippen LogP contribution in [0, 0.1) is 0 Å². The van der Waals surface area contributed by atoms with E-state index in [-0.39, 0.29) is 11.3 Å². The Kier molecular flexibility index (Phi) is 3.27. The molecule has 0 aliphatic carbocycles. The summed E-state index contributed by atoms with van der Waals surface area (Å²) in [4.78, 5) is 12.5. The van der Waals surface area contributed by atoms with Gasteiger partial charge in [-0.25, -0.2) is 0 Å². The van der Waals surface area contributed by atoms with Crippen molar-refractivity contribution in [2.24, 2.45) is 0 Å². The van der Waals surface area contributed by atoms with E-state index in [2.05, 4.69) is 5.32 Å². The molecule has 3 nitrogen and oxygen atoms in total. The Labute approximate surface area is 118 Å². The number of halogens is 1. The van der Waals surface area contributed by atoms with Gasteiger partial charge in [0.1, 0.15) is 5.75 Å². The zero-order valence-corrected chi connectivity index (χ0v) is 11.8. The molecule has 0 radical (unpaired) electrons. The lowest BCUT2D eigenvalue weighted by molar-refractivity contribution is -0.123. The van der Waals surface area contributed by atoms with Gasteiger partial charge in [0.15, 0.2) is 5.78 Å². The fourth-order valence-corrected chi connectivity index (χ4v) is 3.24. The van der Waals surface area contributed by atoms with E-state index in [1.54, 1.807) is 0 Å². The maximum atomic E-state index is 12.5. The second-order valence-corrected chi connectivity index (χ2v) is 6.05. The number of hydrogen-bond acceptors (Lipinski definition) is 3. The molecular weight excluding hydrogens is 262 g/mol. The second kappa shape index (κ2) is 4.80. The van der Waals surface area contributed by atoms with Crippen molar-refractivity contribution in [2.45, 2.75) is 38.1 Å². The molecule has 102 valence electrons. The molecule has 0 saturated carbocycles. The third-order valence-electron chi connectivity index (χ3n) is 4.16. The van der Waals surface area contributed by atoms with Crippen LogP contribution in [0.2, 0.25) is 5.02 Å². The first-order valence-corrected chi connectivity index (χ1v) is 7.19. The zero-order chi connectivity index (χ0) is 13.5. The van der Waals surface area contributed by atoms with Crippen LogP contribution in [0.3, 0.4) is 0 Å². The van der Waals surface area contributed by atoms with Crippen LogP contribution in [-0.2, 0) is 17.6 Å². The number of carbonyl (C=O) groups is 1. The van der Waals surface area contributed by atoms with Crippen LogP contribution in [-0.4, -0.2) is 24.5 Å². The minimum absolute atomic E-state index is 0.227. The molecule has 0 amide bonds. The molecule has 2 aliphatic heterocycles. The number of hydrogen-bond donors (Lipinski definition) is 1. The monoisotopic (exact) mass is 279 g/mol. The largest absolute Gasteiger partial charge is 0.493 e. The maximum Gasteiger partial charge on any atom is 0.157 e. The summed E-state index contributed by atoms with van der Waals surface area (Å²) in [7, 11) is 0. The first kappa shape index (κ1) is 12.9. The van der Waals surface area contributed by atoms with Crippen LogP contribution >= 0.6 is 11.6 Å². The van der Waals surface area contributed by atoms with Crippen molar-refractivity contribution in [3.05, 3.63) is 28.3 Å². The van der Waals surface area contributed by atoms with Gasteiger partial charge in [-0.2, -0.15) is 0 Å². The topological polar surface area (TPSA) is 38.3 Å². The first-order valence-electron chi connectivity index (χ1n) is 6.81. The van der Waals surface area contributed by atoms with Crippen molar-refractivity contribution in [3.8, 4) is 5.75 Å². The number of fused-ring (bicyclic) bond motifs is 1. The Morgan fingerprint density at radius 1 is 1.53 bits per heavy atom. The van der Waals surface area contributed by atoms with Gasteiger partial charge in [-0.15, -0.1) is 0 Å². The van der Waals surface area contributed by atoms with E-state index in [4.69, 9.17) is 16.3 Å². The van der Waals surface area contributed by atoms with E-state index >= 15 is 0 Å². The van der Waals surface area contributed by atoms with Gasteiger partial charge in [-0.1, -0.05) is 11.6 Å². The van der Waals surface area contributed by atoms with Crippen LogP contribution < -0.4 is 10.1 Å². The third-order valence-corrected chi connectivity index (χ3v) is 4.38. The predicted molar refractivity (Wildman–Crippen MR) is 75.0 cm³/mol. The summed E-state index contributed by atoms with van der Waals surface area (Å²) in [6, 6.07) is 3.80. The summed E-state index contributed by atoms with van der Waals surface area (Å²) in [5, 5.41) is 4.00. The highest BCUT2D eigenvalue weighted by Gasteiger charge is 2.36. The number of rotatable bonds is 3. The van der Waals surface area contributed by atoms with Crippen molar-refractivity contribution < 1.29 is 9.53 Å². The highest BCUT2D eigenvalue weighted by molar-refractivity contribution is 6.30. The lowest BCUT2D eigenvalue weighted by atomic mass is 9.89. The van der Waals surface area contributed by atoms with Gasteiger partial charge < -0.3 is 10.1 Å². The van der Waals surface area contributed by atoms with E-state index in [1.165, 1.54) is 0 Å². The molecule has 1 fully saturated rings. The Morgan fingerprint density at radius 2 is 2.37 bits per heavy atom. The Hall–Kier alpha value is -1.06. The lowest BCUT2D eigenvalue weighted by Gasteiger charge is -2.23. The van der Waals surface area contributed by atoms with E-state index in [0.29, 0.717) is 18.1 Å². The number of Topliss-reactive ketones (excluding diaryl/α,β-unsaturated/α-hetero) is 1. The molecule has 0 spiro atoms. The molecule has 1 unspecified atom stereocenters. The Balaban J connectivity index is 1.86. The van der Waals surface area contributed by atoms with Crippen molar-refractivity contribution >= 4 is 17.4 Å². The van der Waals surface area contributed by atoms with Gasteiger partial charge in [-0.05, 0) is 44.0 Å². The van der Waals surface area contributed by atoms with Gasteiger partial charge in [-0.3, -0.25) is 4.79 Å². The average Bonchev–Trinajstić information content (AvgIpc) is 2.98. The van der Waals surface area contributed by atoms with E-state index < -0.39 is 0 Å². The van der Waals surface area contributed by atoms with Crippen LogP contribution in [0.4, 0.5) is 0 Å². The smallest absolute Gasteiger partial charge is 0.157 e. The molecule has 4 heteroatoms. The molecule has 19 heavy (non-hydrogen) atoms. The number of ether oxygens (including phenoxy) is 1. The highest BCUT2D eigenvalue weighted by atomic mass is 35.5. The quantitative estimate of drug-likeness (QED) is 0.924. The van der Waals surface area contributed by atoms with Crippen LogP contribution in [0.25, 0.3) is 0 Å². The average molecular weight is 280 g/mol. The van der Waals surface area contributed by atoms with Gasteiger partial charge in [0, 0.05) is 23.4 Å². The molecule has 2 aliphatic rings. The predicted octanol–water partition coefficient (Wildman–Crippen LogP) is 2.53. The summed E-state index contributed by atoms with van der Waals surface area (Å²) in [5.74, 6) is 1.10. The summed E-state index contributed by atoms with van der Waals surface area (Å²) in [5.41, 5.74) is 1.67. The summed E-state index contributed by atoms with van der Waals surface area (Å²) in [6.07, 6.45) is 3.25. The minimum atomic E-state index is -0.381. The molecule has 1 atom stereocenters. The minimum Gasteiger partial charge on any atom is -0.493 e. The zero-order valence-electron chi connectivity index (χ0n) is 11.1. The molecule has 1 aromatic rings. The molecular formula is C15H18ClNO2. The number of nitrogens with one attached hydrogen (secondary N) is 1. The summed E-state index contributed by atoms with van der Waals surface area (Å²) in [6.45, 7) is 3.60. The van der Waals surface area contributed by atoms with Crippen molar-refractivity contribution in [2.75, 3.05) is 13.2 Å². The molecule has 0 bridgehead atoms. The first-order chi connectivity index (χ1) is 9.08. The molecule has 0 aromatic heterocycles. The normalized spacial score (nSPS) is 25.2. The third kappa shape index (κ3) is 2.37. The highest BCUT2D eigenvalue weighted by Crippen LogP contribution is 2.34. The molecule has 2 heterocycles. The molecule has 1 saturated heterocycles. The van der Waals surface area contributed by atoms with E-state index in [9.17, 15) is 4.79 Å². The van der Waals surface area contributed by atoms with Crippen LogP contribution in [0.5, 0.6) is 5.75 Å². The SMILES string of the molecule is CC1(C(=O)Cc2cc(Cl)cc3c2OCC3)CCCN1. The lowest BCUT2D eigenvalue weighted by Crippen LogP contribution is -2.45. The van der Waals surface area contributed by atoms with Crippen molar-refractivity contribution in [3.63, 3.8) is 0 Å². The summed E-state index contributed by atoms with van der Waals surface area (Å²) >= 11 is 6.12. The fraction of sp³-hybridized carbons (Fsp3) is 0.533. The van der Waals surface area contributed by atoms with E-state index in [0.717, 1.165) is 42.7 Å². The number of benzene rings is 1. The van der Waals surface area contributed by atoms with Gasteiger partial charge >= 0.3 is 0 Å². The fourth-order valence-electron chi connectivity index (χ4n) is 2.98. The second-order valence-electron chi connectivity index (χ2n) is 5.61. The van der Waals surface area contributed by atoms with E-state index in [1.807, 2.05) is 19.1 Å².